The van der Waals surface area contributed by atoms with Crippen LogP contribution in [0.3, 0.4) is 0 Å². The van der Waals surface area contributed by atoms with Crippen LogP contribution in [-0.4, -0.2) is 23.1 Å². The number of nitrogens with zero attached hydrogens (tertiary/aromatic N) is 1. The summed E-state index contributed by atoms with van der Waals surface area (Å²) in [6.45, 7) is 1.93. The van der Waals surface area contributed by atoms with Crippen molar-refractivity contribution in [3.05, 3.63) is 66.1 Å². The number of thiocarbonyl (C=S) groups is 1. The Hall–Kier alpha value is -3.65. The van der Waals surface area contributed by atoms with E-state index in [-0.39, 0.29) is 10.9 Å². The van der Waals surface area contributed by atoms with Crippen molar-refractivity contribution in [3.8, 4) is 17.2 Å². The van der Waals surface area contributed by atoms with Crippen molar-refractivity contribution < 1.29 is 18.4 Å². The minimum Gasteiger partial charge on any atom is -0.497 e. The fourth-order valence-corrected chi connectivity index (χ4v) is 2.98. The van der Waals surface area contributed by atoms with Crippen LogP contribution < -0.4 is 15.4 Å². The SMILES string of the molecule is COc1ccc2oc(-c3ccc(C)c(NC(=S)NC(=O)c4ccco4)c3)nc2c1. The molecule has 0 aliphatic carbocycles. The molecular formula is C21H17N3O4S. The summed E-state index contributed by atoms with van der Waals surface area (Å²) in [5, 5.41) is 5.78. The van der Waals surface area contributed by atoms with Crippen molar-refractivity contribution in [2.75, 3.05) is 12.4 Å². The van der Waals surface area contributed by atoms with Gasteiger partial charge in [0.2, 0.25) is 5.89 Å². The molecule has 29 heavy (non-hydrogen) atoms. The molecule has 0 spiro atoms. The van der Waals surface area contributed by atoms with Crippen LogP contribution in [-0.2, 0) is 0 Å². The molecule has 0 saturated carbocycles. The first-order valence-electron chi connectivity index (χ1n) is 8.75. The molecule has 0 aliphatic heterocycles. The fraction of sp³-hybridized carbons (Fsp3) is 0.0952. The van der Waals surface area contributed by atoms with E-state index in [1.54, 1.807) is 19.2 Å². The average Bonchev–Trinajstić information content (AvgIpc) is 3.38. The lowest BCUT2D eigenvalue weighted by molar-refractivity contribution is 0.0950. The van der Waals surface area contributed by atoms with Gasteiger partial charge < -0.3 is 18.9 Å². The van der Waals surface area contributed by atoms with E-state index >= 15 is 0 Å². The number of furan rings is 1. The second-order valence-electron chi connectivity index (χ2n) is 6.27. The number of ether oxygens (including phenoxy) is 1. The Morgan fingerprint density at radius 2 is 2.03 bits per heavy atom. The maximum atomic E-state index is 12.1. The van der Waals surface area contributed by atoms with E-state index in [4.69, 9.17) is 25.8 Å². The van der Waals surface area contributed by atoms with Crippen LogP contribution in [0.15, 0.2) is 63.6 Å². The molecule has 2 aromatic heterocycles. The van der Waals surface area contributed by atoms with Crippen LogP contribution in [0.2, 0.25) is 0 Å². The molecule has 7 nitrogen and oxygen atoms in total. The summed E-state index contributed by atoms with van der Waals surface area (Å²) in [5.41, 5.74) is 3.81. The molecule has 2 N–H and O–H groups in total. The number of benzene rings is 2. The van der Waals surface area contributed by atoms with E-state index in [0.717, 1.165) is 16.8 Å². The average molecular weight is 407 g/mol. The van der Waals surface area contributed by atoms with Crippen molar-refractivity contribution in [1.29, 1.82) is 0 Å². The van der Waals surface area contributed by atoms with Crippen LogP contribution in [0, 0.1) is 6.92 Å². The number of methoxy groups -OCH3 is 1. The summed E-state index contributed by atoms with van der Waals surface area (Å²) in [4.78, 5) is 16.6. The Kier molecular flexibility index (Phi) is 5.01. The molecule has 0 atom stereocenters. The number of aromatic nitrogens is 1. The normalized spacial score (nSPS) is 10.7. The van der Waals surface area contributed by atoms with Crippen LogP contribution in [0.5, 0.6) is 5.75 Å². The predicted octanol–water partition coefficient (Wildman–Crippen LogP) is 4.53. The quantitative estimate of drug-likeness (QED) is 0.480. The highest BCUT2D eigenvalue weighted by Crippen LogP contribution is 2.29. The number of fused-ring (bicyclic) bond motifs is 1. The molecule has 2 heterocycles. The molecule has 8 heteroatoms. The molecule has 146 valence electrons. The number of rotatable bonds is 4. The molecule has 0 aliphatic rings. The van der Waals surface area contributed by atoms with Gasteiger partial charge in [0.15, 0.2) is 16.5 Å². The summed E-state index contributed by atoms with van der Waals surface area (Å²) < 4.78 is 16.1. The Bertz CT molecular complexity index is 1200. The van der Waals surface area contributed by atoms with Gasteiger partial charge in [-0.05, 0) is 61.1 Å². The third-order valence-corrected chi connectivity index (χ3v) is 4.50. The Morgan fingerprint density at radius 3 is 2.79 bits per heavy atom. The first kappa shape index (κ1) is 18.7. The monoisotopic (exact) mass is 407 g/mol. The van der Waals surface area contributed by atoms with Gasteiger partial charge >= 0.3 is 0 Å². The molecule has 0 saturated heterocycles. The van der Waals surface area contributed by atoms with Gasteiger partial charge in [-0.2, -0.15) is 0 Å². The van der Waals surface area contributed by atoms with Crippen LogP contribution in [0.25, 0.3) is 22.6 Å². The Labute approximate surface area is 171 Å². The highest BCUT2D eigenvalue weighted by molar-refractivity contribution is 7.80. The predicted molar refractivity (Wildman–Crippen MR) is 113 cm³/mol. The maximum absolute atomic E-state index is 12.1. The highest BCUT2D eigenvalue weighted by Gasteiger charge is 2.13. The lowest BCUT2D eigenvalue weighted by Gasteiger charge is -2.12. The largest absolute Gasteiger partial charge is 0.497 e. The van der Waals surface area contributed by atoms with Crippen molar-refractivity contribution in [3.63, 3.8) is 0 Å². The fourth-order valence-electron chi connectivity index (χ4n) is 2.77. The number of carbonyl (C=O) groups is 1. The number of aryl methyl sites for hydroxylation is 1. The van der Waals surface area contributed by atoms with Gasteiger partial charge in [0.1, 0.15) is 11.3 Å². The first-order chi connectivity index (χ1) is 14.0. The molecular weight excluding hydrogens is 390 g/mol. The number of oxazole rings is 1. The second kappa shape index (κ2) is 7.76. The van der Waals surface area contributed by atoms with Crippen molar-refractivity contribution in [1.82, 2.24) is 10.3 Å². The smallest absolute Gasteiger partial charge is 0.293 e. The van der Waals surface area contributed by atoms with Crippen molar-refractivity contribution >= 4 is 40.0 Å². The van der Waals surface area contributed by atoms with Crippen LogP contribution in [0.4, 0.5) is 5.69 Å². The first-order valence-corrected chi connectivity index (χ1v) is 9.16. The van der Waals surface area contributed by atoms with Crippen LogP contribution >= 0.6 is 12.2 Å². The third kappa shape index (κ3) is 3.97. The Morgan fingerprint density at radius 1 is 1.17 bits per heavy atom. The van der Waals surface area contributed by atoms with E-state index < -0.39 is 5.91 Å². The highest BCUT2D eigenvalue weighted by atomic mass is 32.1. The zero-order valence-electron chi connectivity index (χ0n) is 15.7. The summed E-state index contributed by atoms with van der Waals surface area (Å²) in [5.74, 6) is 0.943. The van der Waals surface area contributed by atoms with E-state index in [1.807, 2.05) is 43.3 Å². The van der Waals surface area contributed by atoms with Crippen molar-refractivity contribution in [2.24, 2.45) is 0 Å². The van der Waals surface area contributed by atoms with E-state index in [1.165, 1.54) is 6.26 Å². The van der Waals surface area contributed by atoms with Gasteiger partial charge in [0.05, 0.1) is 13.4 Å². The van der Waals surface area contributed by atoms with Gasteiger partial charge in [-0.1, -0.05) is 6.07 Å². The molecule has 4 aromatic rings. The zero-order valence-corrected chi connectivity index (χ0v) is 16.5. The summed E-state index contributed by atoms with van der Waals surface area (Å²) >= 11 is 5.25. The number of hydrogen-bond donors (Lipinski definition) is 2. The minimum atomic E-state index is -0.422. The molecule has 2 aromatic carbocycles. The molecule has 1 amide bonds. The second-order valence-corrected chi connectivity index (χ2v) is 6.68. The van der Waals surface area contributed by atoms with Gasteiger partial charge in [-0.3, -0.25) is 10.1 Å². The van der Waals surface area contributed by atoms with E-state index in [9.17, 15) is 4.79 Å². The van der Waals surface area contributed by atoms with Crippen molar-refractivity contribution in [2.45, 2.75) is 6.92 Å². The number of nitrogens with one attached hydrogen (secondary N) is 2. The summed E-state index contributed by atoms with van der Waals surface area (Å²) in [6.07, 6.45) is 1.43. The van der Waals surface area contributed by atoms with Gasteiger partial charge in [0.25, 0.3) is 5.91 Å². The van der Waals surface area contributed by atoms with Crippen LogP contribution in [0.1, 0.15) is 16.1 Å². The van der Waals surface area contributed by atoms with Gasteiger partial charge in [-0.25, -0.2) is 4.98 Å². The zero-order chi connectivity index (χ0) is 20.4. The molecule has 0 bridgehead atoms. The topological polar surface area (TPSA) is 89.5 Å². The van der Waals surface area contributed by atoms with Gasteiger partial charge in [0, 0.05) is 17.3 Å². The number of anilines is 1. The van der Waals surface area contributed by atoms with E-state index in [2.05, 4.69) is 15.6 Å². The maximum Gasteiger partial charge on any atom is 0.293 e. The molecule has 0 radical (unpaired) electrons. The third-order valence-electron chi connectivity index (χ3n) is 4.30. The minimum absolute atomic E-state index is 0.161. The van der Waals surface area contributed by atoms with Gasteiger partial charge in [-0.15, -0.1) is 0 Å². The molecule has 4 rings (SSSR count). The molecule has 0 unspecified atom stereocenters. The molecule has 0 fully saturated rings. The number of amides is 1. The Balaban J connectivity index is 1.56. The summed E-state index contributed by atoms with van der Waals surface area (Å²) in [6, 6.07) is 14.3. The lowest BCUT2D eigenvalue weighted by Crippen LogP contribution is -2.34. The summed E-state index contributed by atoms with van der Waals surface area (Å²) in [7, 11) is 1.60. The standard InChI is InChI=1S/C21H17N3O4S/c1-12-5-6-13(20-22-16-11-14(26-2)7-8-17(16)28-20)10-15(12)23-21(29)24-19(25)18-4-3-9-27-18/h3-11H,1-2H3,(H2,23,24,25,29). The number of hydrogen-bond acceptors (Lipinski definition) is 6. The number of carbonyl (C=O) groups excluding carboxylic acids is 1. The van der Waals surface area contributed by atoms with E-state index in [0.29, 0.717) is 22.7 Å². The lowest BCUT2D eigenvalue weighted by atomic mass is 10.1.